The summed E-state index contributed by atoms with van der Waals surface area (Å²) in [7, 11) is 1.33. The van der Waals surface area contributed by atoms with Crippen LogP contribution in [-0.4, -0.2) is 30.8 Å². The molecule has 1 aromatic rings. The highest BCUT2D eigenvalue weighted by molar-refractivity contribution is 5.87. The molecule has 2 N–H and O–H groups in total. The van der Waals surface area contributed by atoms with E-state index in [0.717, 1.165) is 24.8 Å². The SMILES string of the molecule is COC(=O)c1occc1CNC1CCCC1CO. The predicted molar refractivity (Wildman–Crippen MR) is 65.1 cm³/mol. The number of ether oxygens (including phenoxy) is 1. The van der Waals surface area contributed by atoms with E-state index in [4.69, 9.17) is 4.42 Å². The standard InChI is InChI=1S/C13H19NO4/c1-17-13(16)12-9(5-6-18-12)7-14-11-4-2-3-10(11)8-15/h5-6,10-11,14-15H,2-4,7-8H2,1H3. The Morgan fingerprint density at radius 2 is 2.44 bits per heavy atom. The molecule has 1 fully saturated rings. The van der Waals surface area contributed by atoms with Gasteiger partial charge < -0.3 is 19.6 Å². The predicted octanol–water partition coefficient (Wildman–Crippen LogP) is 1.32. The number of carbonyl (C=O) groups is 1. The fraction of sp³-hybridized carbons (Fsp3) is 0.615. The summed E-state index contributed by atoms with van der Waals surface area (Å²) in [5.41, 5.74) is 0.797. The van der Waals surface area contributed by atoms with Crippen LogP contribution in [0.5, 0.6) is 0 Å². The van der Waals surface area contributed by atoms with Crippen LogP contribution < -0.4 is 5.32 Å². The number of hydrogen-bond acceptors (Lipinski definition) is 5. The first-order valence-electron chi connectivity index (χ1n) is 6.25. The summed E-state index contributed by atoms with van der Waals surface area (Å²) in [5.74, 6) is 0.115. The van der Waals surface area contributed by atoms with Gasteiger partial charge in [0.05, 0.1) is 13.4 Å². The van der Waals surface area contributed by atoms with Crippen LogP contribution in [0.1, 0.15) is 35.4 Å². The van der Waals surface area contributed by atoms with Crippen molar-refractivity contribution in [1.29, 1.82) is 0 Å². The summed E-state index contributed by atoms with van der Waals surface area (Å²) >= 11 is 0. The van der Waals surface area contributed by atoms with Crippen molar-refractivity contribution in [3.8, 4) is 0 Å². The summed E-state index contributed by atoms with van der Waals surface area (Å²) in [6, 6.07) is 2.08. The third-order valence-corrected chi connectivity index (χ3v) is 3.57. The van der Waals surface area contributed by atoms with Gasteiger partial charge in [0.2, 0.25) is 5.76 Å². The van der Waals surface area contributed by atoms with E-state index < -0.39 is 5.97 Å². The number of methoxy groups -OCH3 is 1. The van der Waals surface area contributed by atoms with Crippen LogP contribution in [-0.2, 0) is 11.3 Å². The van der Waals surface area contributed by atoms with Crippen LogP contribution >= 0.6 is 0 Å². The van der Waals surface area contributed by atoms with Crippen LogP contribution in [0.2, 0.25) is 0 Å². The van der Waals surface area contributed by atoms with Crippen molar-refractivity contribution < 1.29 is 19.1 Å². The molecule has 0 aromatic carbocycles. The van der Waals surface area contributed by atoms with Crippen molar-refractivity contribution >= 4 is 5.97 Å². The number of nitrogens with one attached hydrogen (secondary N) is 1. The molecule has 1 aliphatic rings. The maximum absolute atomic E-state index is 11.4. The van der Waals surface area contributed by atoms with Crippen LogP contribution in [0.25, 0.3) is 0 Å². The monoisotopic (exact) mass is 253 g/mol. The molecule has 18 heavy (non-hydrogen) atoms. The minimum Gasteiger partial charge on any atom is -0.463 e. The topological polar surface area (TPSA) is 71.7 Å². The Morgan fingerprint density at radius 3 is 3.17 bits per heavy atom. The van der Waals surface area contributed by atoms with E-state index >= 15 is 0 Å². The molecule has 2 atom stereocenters. The average Bonchev–Trinajstić information content (AvgIpc) is 3.03. The molecule has 5 heteroatoms. The Kier molecular flexibility index (Phi) is 4.38. The molecule has 2 rings (SSSR count). The lowest BCUT2D eigenvalue weighted by atomic mass is 10.0. The number of furan rings is 1. The molecular weight excluding hydrogens is 234 g/mol. The lowest BCUT2D eigenvalue weighted by Crippen LogP contribution is -2.33. The van der Waals surface area contributed by atoms with Gasteiger partial charge >= 0.3 is 5.97 Å². The van der Waals surface area contributed by atoms with Crippen LogP contribution in [0, 0.1) is 5.92 Å². The zero-order chi connectivity index (χ0) is 13.0. The quantitative estimate of drug-likeness (QED) is 0.774. The molecule has 2 unspecified atom stereocenters. The van der Waals surface area contributed by atoms with E-state index in [1.165, 1.54) is 13.4 Å². The molecule has 0 radical (unpaired) electrons. The minimum atomic E-state index is -0.457. The first-order valence-corrected chi connectivity index (χ1v) is 6.25. The Labute approximate surface area is 106 Å². The highest BCUT2D eigenvalue weighted by Crippen LogP contribution is 2.25. The molecule has 0 bridgehead atoms. The van der Waals surface area contributed by atoms with Gasteiger partial charge in [0.15, 0.2) is 0 Å². The lowest BCUT2D eigenvalue weighted by molar-refractivity contribution is 0.0563. The Bertz CT molecular complexity index is 401. The zero-order valence-electron chi connectivity index (χ0n) is 10.5. The van der Waals surface area contributed by atoms with E-state index in [1.807, 2.05) is 0 Å². The van der Waals surface area contributed by atoms with E-state index in [2.05, 4.69) is 10.1 Å². The fourth-order valence-corrected chi connectivity index (χ4v) is 2.51. The van der Waals surface area contributed by atoms with Gasteiger partial charge in [-0.25, -0.2) is 4.79 Å². The Morgan fingerprint density at radius 1 is 1.61 bits per heavy atom. The van der Waals surface area contributed by atoms with Gasteiger partial charge in [-0.15, -0.1) is 0 Å². The van der Waals surface area contributed by atoms with Gasteiger partial charge in [-0.2, -0.15) is 0 Å². The van der Waals surface area contributed by atoms with Crippen molar-refractivity contribution in [3.05, 3.63) is 23.7 Å². The van der Waals surface area contributed by atoms with Crippen LogP contribution in [0.3, 0.4) is 0 Å². The van der Waals surface area contributed by atoms with Crippen LogP contribution in [0.15, 0.2) is 16.7 Å². The normalized spacial score (nSPS) is 23.2. The maximum Gasteiger partial charge on any atom is 0.374 e. The van der Waals surface area contributed by atoms with Gasteiger partial charge in [-0.1, -0.05) is 6.42 Å². The Hall–Kier alpha value is -1.33. The molecule has 5 nitrogen and oxygen atoms in total. The average molecular weight is 253 g/mol. The van der Waals surface area contributed by atoms with Crippen molar-refractivity contribution in [2.45, 2.75) is 31.8 Å². The van der Waals surface area contributed by atoms with Gasteiger partial charge in [-0.05, 0) is 24.8 Å². The van der Waals surface area contributed by atoms with Gasteiger partial charge in [-0.3, -0.25) is 0 Å². The van der Waals surface area contributed by atoms with Crippen molar-refractivity contribution in [3.63, 3.8) is 0 Å². The van der Waals surface area contributed by atoms with Gasteiger partial charge in [0, 0.05) is 24.8 Å². The van der Waals surface area contributed by atoms with E-state index in [-0.39, 0.29) is 12.4 Å². The zero-order valence-corrected chi connectivity index (χ0v) is 10.5. The molecule has 100 valence electrons. The first kappa shape index (κ1) is 13.1. The lowest BCUT2D eigenvalue weighted by Gasteiger charge is -2.18. The van der Waals surface area contributed by atoms with Crippen molar-refractivity contribution in [2.24, 2.45) is 5.92 Å². The molecular formula is C13H19NO4. The van der Waals surface area contributed by atoms with Crippen molar-refractivity contribution in [1.82, 2.24) is 5.32 Å². The molecule has 1 aromatic heterocycles. The van der Waals surface area contributed by atoms with E-state index in [9.17, 15) is 9.90 Å². The molecule has 0 aliphatic heterocycles. The highest BCUT2D eigenvalue weighted by Gasteiger charge is 2.26. The molecule has 1 saturated carbocycles. The number of aliphatic hydroxyl groups excluding tert-OH is 1. The number of esters is 1. The third-order valence-electron chi connectivity index (χ3n) is 3.57. The molecule has 1 heterocycles. The second kappa shape index (κ2) is 6.02. The number of rotatable bonds is 5. The number of hydrogen-bond donors (Lipinski definition) is 2. The van der Waals surface area contributed by atoms with E-state index in [0.29, 0.717) is 18.5 Å². The minimum absolute atomic E-state index is 0.215. The summed E-state index contributed by atoms with van der Waals surface area (Å²) in [4.78, 5) is 11.4. The first-order chi connectivity index (χ1) is 8.76. The summed E-state index contributed by atoms with van der Waals surface area (Å²) in [5, 5.41) is 12.6. The highest BCUT2D eigenvalue weighted by atomic mass is 16.5. The van der Waals surface area contributed by atoms with E-state index in [1.54, 1.807) is 6.07 Å². The third kappa shape index (κ3) is 2.73. The molecule has 1 aliphatic carbocycles. The van der Waals surface area contributed by atoms with Crippen LogP contribution in [0.4, 0.5) is 0 Å². The summed E-state index contributed by atoms with van der Waals surface area (Å²) < 4.78 is 9.77. The number of carbonyl (C=O) groups excluding carboxylic acids is 1. The molecule has 0 saturated heterocycles. The fourth-order valence-electron chi connectivity index (χ4n) is 2.51. The second-order valence-electron chi connectivity index (χ2n) is 4.63. The van der Waals surface area contributed by atoms with Crippen molar-refractivity contribution in [2.75, 3.05) is 13.7 Å². The smallest absolute Gasteiger partial charge is 0.374 e. The number of aliphatic hydroxyl groups is 1. The summed E-state index contributed by atoms with van der Waals surface area (Å²) in [6.07, 6.45) is 4.75. The Balaban J connectivity index is 1.94. The summed E-state index contributed by atoms with van der Waals surface area (Å²) in [6.45, 7) is 0.773. The van der Waals surface area contributed by atoms with Gasteiger partial charge in [0.1, 0.15) is 0 Å². The maximum atomic E-state index is 11.4. The molecule has 0 spiro atoms. The van der Waals surface area contributed by atoms with Gasteiger partial charge in [0.25, 0.3) is 0 Å². The largest absolute Gasteiger partial charge is 0.463 e. The second-order valence-corrected chi connectivity index (χ2v) is 4.63. The molecule has 0 amide bonds.